The molecule has 5 rings (SSSR count). The maximum absolute atomic E-state index is 13.6. The molecule has 2 aliphatic heterocycles. The van der Waals surface area contributed by atoms with Gasteiger partial charge in [0.25, 0.3) is 5.56 Å². The first kappa shape index (κ1) is 22.5. The summed E-state index contributed by atoms with van der Waals surface area (Å²) in [5, 5.41) is 0. The summed E-state index contributed by atoms with van der Waals surface area (Å²) in [7, 11) is 0. The van der Waals surface area contributed by atoms with Gasteiger partial charge in [-0.25, -0.2) is 14.2 Å². The average Bonchev–Trinajstić information content (AvgIpc) is 3.44. The van der Waals surface area contributed by atoms with E-state index in [1.165, 1.54) is 11.1 Å². The number of aromatic amines is 1. The molecule has 0 bridgehead atoms. The molecule has 0 saturated carbocycles. The summed E-state index contributed by atoms with van der Waals surface area (Å²) in [6.45, 7) is 11.0. The number of benzene rings is 1. The average molecular weight is 466 g/mol. The summed E-state index contributed by atoms with van der Waals surface area (Å²) in [6, 6.07) is 6.18. The topological polar surface area (TPSA) is 92.2 Å². The molecule has 1 fully saturated rings. The largest absolute Gasteiger partial charge is 0.444 e. The van der Waals surface area contributed by atoms with Crippen LogP contribution in [-0.4, -0.2) is 57.1 Å². The van der Waals surface area contributed by atoms with E-state index in [9.17, 15) is 9.59 Å². The van der Waals surface area contributed by atoms with Crippen molar-refractivity contribution < 1.29 is 14.3 Å². The molecule has 1 N–H and O–H groups in total. The van der Waals surface area contributed by atoms with E-state index in [0.29, 0.717) is 57.3 Å². The Hall–Kier alpha value is -3.33. The van der Waals surface area contributed by atoms with Gasteiger partial charge in [0.2, 0.25) is 5.78 Å². The van der Waals surface area contributed by atoms with E-state index in [1.54, 1.807) is 15.5 Å². The van der Waals surface area contributed by atoms with E-state index < -0.39 is 5.60 Å². The number of H-pyrrole nitrogens is 1. The molecule has 0 atom stereocenters. The molecular formula is C25H31N5O4. The summed E-state index contributed by atoms with van der Waals surface area (Å²) >= 11 is 0. The van der Waals surface area contributed by atoms with Crippen LogP contribution in [0.2, 0.25) is 0 Å². The van der Waals surface area contributed by atoms with Gasteiger partial charge in [-0.1, -0.05) is 19.1 Å². The number of rotatable bonds is 3. The highest BCUT2D eigenvalue weighted by Crippen LogP contribution is 2.27. The van der Waals surface area contributed by atoms with Crippen LogP contribution < -0.4 is 10.5 Å². The molecule has 0 unspecified atom stereocenters. The number of aryl methyl sites for hydroxylation is 1. The Morgan fingerprint density at radius 1 is 1.15 bits per heavy atom. The Balaban J connectivity index is 1.43. The molecular weight excluding hydrogens is 434 g/mol. The van der Waals surface area contributed by atoms with Gasteiger partial charge in [0.15, 0.2) is 0 Å². The van der Waals surface area contributed by atoms with Crippen LogP contribution in [0.4, 0.5) is 10.5 Å². The lowest BCUT2D eigenvalue weighted by Crippen LogP contribution is -2.51. The van der Waals surface area contributed by atoms with Crippen molar-refractivity contribution in [1.29, 1.82) is 0 Å². The molecule has 1 saturated heterocycles. The standard InChI is InChI=1S/C25H31N5O4/c1-5-19-21(28-8-10-29(11-9-28)24(32)34-25(2,3)4)22(31)30-13-20(27-23(30)26-19)16-6-7-17-14-33-15-18(17)12-16/h6-7,12-13H,5,8-11,14-15H2,1-4H3,(H,26,27). The third kappa shape index (κ3) is 4.16. The highest BCUT2D eigenvalue weighted by atomic mass is 16.6. The first-order valence-corrected chi connectivity index (χ1v) is 11.8. The van der Waals surface area contributed by atoms with Crippen molar-refractivity contribution in [1.82, 2.24) is 19.3 Å². The fourth-order valence-electron chi connectivity index (χ4n) is 4.55. The minimum absolute atomic E-state index is 0.0976. The molecule has 2 aliphatic rings. The third-order valence-electron chi connectivity index (χ3n) is 6.29. The lowest BCUT2D eigenvalue weighted by atomic mass is 10.1. The van der Waals surface area contributed by atoms with Crippen molar-refractivity contribution in [2.24, 2.45) is 0 Å². The molecule has 1 amide bonds. The van der Waals surface area contributed by atoms with Crippen LogP contribution in [0.15, 0.2) is 29.2 Å². The molecule has 180 valence electrons. The zero-order chi connectivity index (χ0) is 24.0. The molecule has 1 aromatic carbocycles. The van der Waals surface area contributed by atoms with Crippen LogP contribution in [0.1, 0.15) is 44.5 Å². The SMILES string of the molecule is CCc1[nH]c2nc(-c3ccc4c(c3)COC4)cn2c(=O)c1N1CCN(C(=O)OC(C)(C)C)CC1. The second-order valence-electron chi connectivity index (χ2n) is 9.86. The van der Waals surface area contributed by atoms with Gasteiger partial charge in [-0.3, -0.25) is 4.79 Å². The maximum Gasteiger partial charge on any atom is 0.410 e. The second kappa shape index (κ2) is 8.47. The van der Waals surface area contributed by atoms with Gasteiger partial charge < -0.3 is 24.3 Å². The first-order chi connectivity index (χ1) is 16.2. The molecule has 0 aliphatic carbocycles. The number of imidazole rings is 1. The molecule has 3 aromatic rings. The van der Waals surface area contributed by atoms with Crippen LogP contribution in [-0.2, 0) is 29.1 Å². The van der Waals surface area contributed by atoms with Crippen molar-refractivity contribution in [2.75, 3.05) is 31.1 Å². The molecule has 9 heteroatoms. The normalized spacial score (nSPS) is 16.2. The fraction of sp³-hybridized carbons (Fsp3) is 0.480. The second-order valence-corrected chi connectivity index (χ2v) is 9.86. The van der Waals surface area contributed by atoms with Crippen LogP contribution in [0.5, 0.6) is 0 Å². The van der Waals surface area contributed by atoms with Crippen LogP contribution in [0.25, 0.3) is 17.0 Å². The summed E-state index contributed by atoms with van der Waals surface area (Å²) in [4.78, 5) is 37.8. The smallest absolute Gasteiger partial charge is 0.410 e. The lowest BCUT2D eigenvalue weighted by molar-refractivity contribution is 0.0240. The van der Waals surface area contributed by atoms with Gasteiger partial charge in [0, 0.05) is 43.6 Å². The minimum atomic E-state index is -0.531. The maximum atomic E-state index is 13.6. The number of nitrogens with one attached hydrogen (secondary N) is 1. The lowest BCUT2D eigenvalue weighted by Gasteiger charge is -2.36. The number of piperazine rings is 1. The Kier molecular flexibility index (Phi) is 5.59. The zero-order valence-electron chi connectivity index (χ0n) is 20.2. The number of anilines is 1. The fourth-order valence-corrected chi connectivity index (χ4v) is 4.55. The van der Waals surface area contributed by atoms with E-state index in [-0.39, 0.29) is 11.7 Å². The molecule has 34 heavy (non-hydrogen) atoms. The number of hydrogen-bond acceptors (Lipinski definition) is 6. The summed E-state index contributed by atoms with van der Waals surface area (Å²) in [5.74, 6) is 0.532. The summed E-state index contributed by atoms with van der Waals surface area (Å²) in [5.41, 5.74) is 4.94. The summed E-state index contributed by atoms with van der Waals surface area (Å²) < 4.78 is 12.6. The van der Waals surface area contributed by atoms with Crippen LogP contribution in [0.3, 0.4) is 0 Å². The van der Waals surface area contributed by atoms with E-state index >= 15 is 0 Å². The Bertz CT molecular complexity index is 1300. The molecule has 9 nitrogen and oxygen atoms in total. The predicted octanol–water partition coefficient (Wildman–Crippen LogP) is 3.34. The minimum Gasteiger partial charge on any atom is -0.444 e. The number of nitrogens with zero attached hydrogens (tertiary/aromatic N) is 4. The first-order valence-electron chi connectivity index (χ1n) is 11.8. The van der Waals surface area contributed by atoms with Crippen molar-refractivity contribution in [3.8, 4) is 11.3 Å². The van der Waals surface area contributed by atoms with E-state index in [0.717, 1.165) is 17.0 Å². The van der Waals surface area contributed by atoms with E-state index in [4.69, 9.17) is 14.5 Å². The van der Waals surface area contributed by atoms with E-state index in [1.807, 2.05) is 33.8 Å². The monoisotopic (exact) mass is 465 g/mol. The summed E-state index contributed by atoms with van der Waals surface area (Å²) in [6.07, 6.45) is 2.16. The number of hydrogen-bond donors (Lipinski definition) is 1. The quantitative estimate of drug-likeness (QED) is 0.638. The third-order valence-corrected chi connectivity index (χ3v) is 6.29. The number of fused-ring (bicyclic) bond motifs is 2. The molecule has 2 aromatic heterocycles. The van der Waals surface area contributed by atoms with Gasteiger partial charge in [0.1, 0.15) is 11.3 Å². The van der Waals surface area contributed by atoms with Crippen molar-refractivity contribution in [3.63, 3.8) is 0 Å². The van der Waals surface area contributed by atoms with Crippen molar-refractivity contribution in [3.05, 3.63) is 51.6 Å². The van der Waals surface area contributed by atoms with Crippen molar-refractivity contribution in [2.45, 2.75) is 52.9 Å². The van der Waals surface area contributed by atoms with Crippen LogP contribution >= 0.6 is 0 Å². The number of aromatic nitrogens is 3. The molecule has 4 heterocycles. The van der Waals surface area contributed by atoms with Crippen LogP contribution in [0, 0.1) is 0 Å². The highest BCUT2D eigenvalue weighted by Gasteiger charge is 2.28. The van der Waals surface area contributed by atoms with Gasteiger partial charge in [-0.05, 0) is 44.4 Å². The Morgan fingerprint density at radius 3 is 2.59 bits per heavy atom. The Morgan fingerprint density at radius 2 is 1.88 bits per heavy atom. The number of carbonyl (C=O) groups excluding carboxylic acids is 1. The molecule has 0 radical (unpaired) electrons. The predicted molar refractivity (Wildman–Crippen MR) is 129 cm³/mol. The van der Waals surface area contributed by atoms with Crippen molar-refractivity contribution >= 4 is 17.6 Å². The van der Waals surface area contributed by atoms with E-state index in [2.05, 4.69) is 22.0 Å². The molecule has 0 spiro atoms. The van der Waals surface area contributed by atoms with Gasteiger partial charge in [-0.2, -0.15) is 0 Å². The Labute approximate surface area is 198 Å². The number of ether oxygens (including phenoxy) is 2. The zero-order valence-corrected chi connectivity index (χ0v) is 20.2. The highest BCUT2D eigenvalue weighted by molar-refractivity contribution is 5.69. The number of carbonyl (C=O) groups is 1. The van der Waals surface area contributed by atoms with Gasteiger partial charge in [0.05, 0.1) is 18.9 Å². The van der Waals surface area contributed by atoms with Gasteiger partial charge in [-0.15, -0.1) is 0 Å². The number of amides is 1. The van der Waals surface area contributed by atoms with Gasteiger partial charge >= 0.3 is 6.09 Å².